The predicted octanol–water partition coefficient (Wildman–Crippen LogP) is 4.15. The summed E-state index contributed by atoms with van der Waals surface area (Å²) in [6.45, 7) is 0.712. The van der Waals surface area contributed by atoms with Gasteiger partial charge in [-0.15, -0.1) is 0 Å². The molecular weight excluding hydrogens is 256 g/mol. The Balaban J connectivity index is 1.81. The molecule has 2 aromatic heterocycles. The lowest BCUT2D eigenvalue weighted by atomic mass is 10.3. The van der Waals surface area contributed by atoms with E-state index in [0.29, 0.717) is 11.6 Å². The van der Waals surface area contributed by atoms with Gasteiger partial charge in [-0.2, -0.15) is 0 Å². The number of fused-ring (bicyclic) bond motifs is 1. The number of rotatable bonds is 3. The van der Waals surface area contributed by atoms with E-state index in [1.165, 1.54) is 0 Å². The molecule has 17 heavy (non-hydrogen) atoms. The summed E-state index contributed by atoms with van der Waals surface area (Å²) in [6, 6.07) is 7.66. The molecule has 0 saturated heterocycles. The van der Waals surface area contributed by atoms with E-state index in [-0.39, 0.29) is 0 Å². The van der Waals surface area contributed by atoms with E-state index >= 15 is 0 Å². The van der Waals surface area contributed by atoms with Crippen molar-refractivity contribution in [2.24, 2.45) is 0 Å². The van der Waals surface area contributed by atoms with Crippen molar-refractivity contribution in [3.8, 4) is 0 Å². The van der Waals surface area contributed by atoms with Crippen molar-refractivity contribution in [2.45, 2.75) is 6.54 Å². The van der Waals surface area contributed by atoms with E-state index in [1.807, 2.05) is 24.3 Å². The summed E-state index contributed by atoms with van der Waals surface area (Å²) in [5, 5.41) is 4.86. The van der Waals surface area contributed by atoms with Crippen molar-refractivity contribution in [1.82, 2.24) is 4.98 Å². The van der Waals surface area contributed by atoms with Gasteiger partial charge in [0.1, 0.15) is 0 Å². The number of nitrogens with one attached hydrogen (secondary N) is 1. The van der Waals surface area contributed by atoms with E-state index in [1.54, 1.807) is 23.9 Å². The molecule has 0 aliphatic rings. The largest absolute Gasteiger partial charge is 0.472 e. The molecule has 0 aliphatic carbocycles. The minimum absolute atomic E-state index is 0.712. The van der Waals surface area contributed by atoms with Gasteiger partial charge in [0.15, 0.2) is 5.13 Å². The second-order valence-corrected chi connectivity index (χ2v) is 5.08. The zero-order valence-corrected chi connectivity index (χ0v) is 10.4. The Bertz CT molecular complexity index is 633. The highest BCUT2D eigenvalue weighted by Crippen LogP contribution is 2.28. The average molecular weight is 265 g/mol. The van der Waals surface area contributed by atoms with Crippen LogP contribution in [0.4, 0.5) is 5.13 Å². The third kappa shape index (κ3) is 2.28. The number of anilines is 1. The van der Waals surface area contributed by atoms with Gasteiger partial charge in [-0.3, -0.25) is 0 Å². The first kappa shape index (κ1) is 10.6. The molecule has 0 spiro atoms. The maximum absolute atomic E-state index is 5.92. The fraction of sp³-hybridized carbons (Fsp3) is 0.0833. The van der Waals surface area contributed by atoms with Gasteiger partial charge in [0, 0.05) is 17.1 Å². The van der Waals surface area contributed by atoms with Crippen LogP contribution >= 0.6 is 22.9 Å². The normalized spacial score (nSPS) is 10.9. The summed E-state index contributed by atoms with van der Waals surface area (Å²) in [5.74, 6) is 0. The van der Waals surface area contributed by atoms with Gasteiger partial charge in [-0.05, 0) is 24.3 Å². The standard InChI is InChI=1S/C12H9ClN2OS/c13-9-1-2-11-10(5-9)15-12(17-11)14-6-8-3-4-16-7-8/h1-5,7H,6H2,(H,14,15). The minimum atomic E-state index is 0.712. The average Bonchev–Trinajstić information content (AvgIpc) is 2.94. The zero-order valence-electron chi connectivity index (χ0n) is 8.81. The van der Waals surface area contributed by atoms with Crippen molar-refractivity contribution in [1.29, 1.82) is 0 Å². The zero-order chi connectivity index (χ0) is 11.7. The van der Waals surface area contributed by atoms with Crippen LogP contribution < -0.4 is 5.32 Å². The SMILES string of the molecule is Clc1ccc2sc(NCc3ccoc3)nc2c1. The lowest BCUT2D eigenvalue weighted by Crippen LogP contribution is -1.96. The van der Waals surface area contributed by atoms with Crippen LogP contribution in [0.5, 0.6) is 0 Å². The van der Waals surface area contributed by atoms with Crippen molar-refractivity contribution < 1.29 is 4.42 Å². The number of aromatic nitrogens is 1. The maximum atomic E-state index is 5.92. The van der Waals surface area contributed by atoms with Gasteiger partial charge >= 0.3 is 0 Å². The van der Waals surface area contributed by atoms with E-state index in [0.717, 1.165) is 20.9 Å². The van der Waals surface area contributed by atoms with E-state index in [9.17, 15) is 0 Å². The molecule has 3 rings (SSSR count). The lowest BCUT2D eigenvalue weighted by Gasteiger charge is -1.97. The van der Waals surface area contributed by atoms with E-state index < -0.39 is 0 Å². The van der Waals surface area contributed by atoms with Crippen molar-refractivity contribution in [2.75, 3.05) is 5.32 Å². The first-order valence-electron chi connectivity index (χ1n) is 5.12. The fourth-order valence-corrected chi connectivity index (χ4v) is 2.56. The second-order valence-electron chi connectivity index (χ2n) is 3.62. The summed E-state index contributed by atoms with van der Waals surface area (Å²) < 4.78 is 6.13. The quantitative estimate of drug-likeness (QED) is 0.772. The topological polar surface area (TPSA) is 38.1 Å². The van der Waals surface area contributed by atoms with Crippen molar-refractivity contribution >= 4 is 38.3 Å². The highest BCUT2D eigenvalue weighted by atomic mass is 35.5. The summed E-state index contributed by atoms with van der Waals surface area (Å²) >= 11 is 7.53. The molecule has 0 amide bonds. The molecule has 5 heteroatoms. The number of thiazole rings is 1. The number of furan rings is 1. The second kappa shape index (κ2) is 4.39. The summed E-state index contributed by atoms with van der Waals surface area (Å²) in [7, 11) is 0. The molecular formula is C12H9ClN2OS. The molecule has 3 aromatic rings. The Labute approximate surface area is 107 Å². The van der Waals surface area contributed by atoms with Crippen LogP contribution in [0.2, 0.25) is 5.02 Å². The Kier molecular flexibility index (Phi) is 2.74. The molecule has 1 N–H and O–H groups in total. The van der Waals surface area contributed by atoms with Crippen LogP contribution in [0.15, 0.2) is 41.2 Å². The summed E-state index contributed by atoms with van der Waals surface area (Å²) in [6.07, 6.45) is 3.38. The third-order valence-electron chi connectivity index (χ3n) is 2.37. The molecule has 1 aromatic carbocycles. The van der Waals surface area contributed by atoms with E-state index in [2.05, 4.69) is 10.3 Å². The van der Waals surface area contributed by atoms with Crippen LogP contribution in [0, 0.1) is 0 Å². The highest BCUT2D eigenvalue weighted by molar-refractivity contribution is 7.22. The van der Waals surface area contributed by atoms with Crippen LogP contribution in [-0.4, -0.2) is 4.98 Å². The van der Waals surface area contributed by atoms with Gasteiger partial charge in [0.2, 0.25) is 0 Å². The third-order valence-corrected chi connectivity index (χ3v) is 3.60. The summed E-state index contributed by atoms with van der Waals surface area (Å²) in [4.78, 5) is 4.47. The number of halogens is 1. The van der Waals surface area contributed by atoms with Crippen molar-refractivity contribution in [3.63, 3.8) is 0 Å². The Morgan fingerprint density at radius 1 is 1.35 bits per heavy atom. The molecule has 0 atom stereocenters. The molecule has 0 fully saturated rings. The lowest BCUT2D eigenvalue weighted by molar-refractivity contribution is 0.564. The Morgan fingerprint density at radius 2 is 2.29 bits per heavy atom. The number of benzene rings is 1. The first-order valence-corrected chi connectivity index (χ1v) is 6.32. The maximum Gasteiger partial charge on any atom is 0.184 e. The monoisotopic (exact) mass is 264 g/mol. The number of nitrogens with zero attached hydrogens (tertiary/aromatic N) is 1. The Hall–Kier alpha value is -1.52. The smallest absolute Gasteiger partial charge is 0.184 e. The number of hydrogen-bond donors (Lipinski definition) is 1. The highest BCUT2D eigenvalue weighted by Gasteiger charge is 2.04. The molecule has 0 unspecified atom stereocenters. The minimum Gasteiger partial charge on any atom is -0.472 e. The molecule has 0 bridgehead atoms. The van der Waals surface area contributed by atoms with Crippen LogP contribution in [0.3, 0.4) is 0 Å². The number of hydrogen-bond acceptors (Lipinski definition) is 4. The molecule has 3 nitrogen and oxygen atoms in total. The molecule has 0 aliphatic heterocycles. The fourth-order valence-electron chi connectivity index (χ4n) is 1.55. The van der Waals surface area contributed by atoms with Gasteiger partial charge in [-0.1, -0.05) is 22.9 Å². The molecule has 2 heterocycles. The van der Waals surface area contributed by atoms with E-state index in [4.69, 9.17) is 16.0 Å². The van der Waals surface area contributed by atoms with Gasteiger partial charge in [0.25, 0.3) is 0 Å². The van der Waals surface area contributed by atoms with Gasteiger partial charge in [0.05, 0.1) is 22.7 Å². The summed E-state index contributed by atoms with van der Waals surface area (Å²) in [5.41, 5.74) is 2.03. The van der Waals surface area contributed by atoms with Gasteiger partial charge in [-0.25, -0.2) is 4.98 Å². The first-order chi connectivity index (χ1) is 8.31. The van der Waals surface area contributed by atoms with Gasteiger partial charge < -0.3 is 9.73 Å². The van der Waals surface area contributed by atoms with Crippen LogP contribution in [-0.2, 0) is 6.54 Å². The molecule has 0 saturated carbocycles. The van der Waals surface area contributed by atoms with Crippen molar-refractivity contribution in [3.05, 3.63) is 47.4 Å². The Morgan fingerprint density at radius 3 is 3.12 bits per heavy atom. The van der Waals surface area contributed by atoms with Crippen LogP contribution in [0.25, 0.3) is 10.2 Å². The van der Waals surface area contributed by atoms with Crippen LogP contribution in [0.1, 0.15) is 5.56 Å². The molecule has 0 radical (unpaired) electrons. The molecule has 86 valence electrons. The predicted molar refractivity (Wildman–Crippen MR) is 70.7 cm³/mol.